The molecule has 1 aromatic rings. The van der Waals surface area contributed by atoms with Crippen LogP contribution in [0.15, 0.2) is 18.2 Å². The summed E-state index contributed by atoms with van der Waals surface area (Å²) in [4.78, 5) is 2.28. The molecule has 0 spiro atoms. The molecule has 0 amide bonds. The first-order valence-electron chi connectivity index (χ1n) is 7.83. The molecular formula is C17H28N2O. The number of benzene rings is 1. The predicted octanol–water partition coefficient (Wildman–Crippen LogP) is 3.69. The highest BCUT2D eigenvalue weighted by Gasteiger charge is 2.16. The van der Waals surface area contributed by atoms with E-state index in [9.17, 15) is 5.11 Å². The van der Waals surface area contributed by atoms with E-state index in [1.54, 1.807) is 0 Å². The first-order valence-corrected chi connectivity index (χ1v) is 7.83. The van der Waals surface area contributed by atoms with Gasteiger partial charge in [0.25, 0.3) is 0 Å². The van der Waals surface area contributed by atoms with Gasteiger partial charge >= 0.3 is 0 Å². The van der Waals surface area contributed by atoms with Crippen molar-refractivity contribution in [3.8, 4) is 5.75 Å². The average molecular weight is 276 g/mol. The molecular weight excluding hydrogens is 248 g/mol. The molecule has 1 aromatic carbocycles. The second-order valence-electron chi connectivity index (χ2n) is 6.14. The van der Waals surface area contributed by atoms with Gasteiger partial charge in [0, 0.05) is 37.0 Å². The lowest BCUT2D eigenvalue weighted by atomic mass is 9.89. The molecule has 3 heteroatoms. The van der Waals surface area contributed by atoms with Gasteiger partial charge < -0.3 is 15.3 Å². The lowest BCUT2D eigenvalue weighted by Crippen LogP contribution is -2.26. The predicted molar refractivity (Wildman–Crippen MR) is 85.4 cm³/mol. The van der Waals surface area contributed by atoms with Gasteiger partial charge in [0.05, 0.1) is 0 Å². The van der Waals surface area contributed by atoms with E-state index < -0.39 is 0 Å². The van der Waals surface area contributed by atoms with Gasteiger partial charge in [-0.3, -0.25) is 0 Å². The summed E-state index contributed by atoms with van der Waals surface area (Å²) in [6, 6.07) is 6.22. The Kier molecular flexibility index (Phi) is 5.30. The summed E-state index contributed by atoms with van der Waals surface area (Å²) >= 11 is 0. The highest BCUT2D eigenvalue weighted by molar-refractivity contribution is 5.53. The summed E-state index contributed by atoms with van der Waals surface area (Å²) < 4.78 is 0. The molecule has 0 aromatic heterocycles. The van der Waals surface area contributed by atoms with Gasteiger partial charge in [-0.2, -0.15) is 0 Å². The maximum Gasteiger partial charge on any atom is 0.122 e. The number of phenolic OH excluding ortho intramolecular Hbond substituents is 1. The number of aromatic hydroxyl groups is 1. The van der Waals surface area contributed by atoms with Crippen molar-refractivity contribution < 1.29 is 5.11 Å². The minimum Gasteiger partial charge on any atom is -0.508 e. The van der Waals surface area contributed by atoms with Gasteiger partial charge in [0.1, 0.15) is 5.75 Å². The van der Waals surface area contributed by atoms with Crippen LogP contribution < -0.4 is 10.2 Å². The van der Waals surface area contributed by atoms with Crippen LogP contribution in [-0.4, -0.2) is 25.7 Å². The Hall–Kier alpha value is -1.22. The van der Waals surface area contributed by atoms with Crippen LogP contribution in [0.25, 0.3) is 0 Å². The van der Waals surface area contributed by atoms with Crippen molar-refractivity contribution in [2.24, 2.45) is 5.92 Å². The zero-order valence-electron chi connectivity index (χ0n) is 13.0. The Labute approximate surface area is 123 Å². The number of hydrogen-bond acceptors (Lipinski definition) is 3. The van der Waals surface area contributed by atoms with Crippen LogP contribution >= 0.6 is 0 Å². The van der Waals surface area contributed by atoms with Crippen molar-refractivity contribution in [1.29, 1.82) is 0 Å². The first kappa shape index (κ1) is 15.2. The Morgan fingerprint density at radius 1 is 1.30 bits per heavy atom. The number of hydrogen-bond donors (Lipinski definition) is 2. The van der Waals surface area contributed by atoms with Crippen LogP contribution in [0.1, 0.15) is 50.6 Å². The fraction of sp³-hybridized carbons (Fsp3) is 0.647. The third-order valence-corrected chi connectivity index (χ3v) is 4.61. The number of nitrogens with one attached hydrogen (secondary N) is 1. The summed E-state index contributed by atoms with van der Waals surface area (Å²) in [5, 5.41) is 13.3. The van der Waals surface area contributed by atoms with Crippen molar-refractivity contribution in [3.63, 3.8) is 0 Å². The Bertz CT molecular complexity index is 427. The van der Waals surface area contributed by atoms with Gasteiger partial charge in [-0.1, -0.05) is 25.3 Å². The van der Waals surface area contributed by atoms with Crippen LogP contribution in [-0.2, 0) is 0 Å². The molecule has 0 saturated heterocycles. The molecule has 1 atom stereocenters. The van der Waals surface area contributed by atoms with E-state index in [0.717, 1.165) is 23.7 Å². The van der Waals surface area contributed by atoms with Crippen molar-refractivity contribution in [1.82, 2.24) is 5.32 Å². The van der Waals surface area contributed by atoms with Gasteiger partial charge in [0.15, 0.2) is 0 Å². The quantitative estimate of drug-likeness (QED) is 0.861. The lowest BCUT2D eigenvalue weighted by molar-refractivity contribution is 0.362. The number of nitrogens with zero attached hydrogens (tertiary/aromatic N) is 1. The van der Waals surface area contributed by atoms with E-state index in [4.69, 9.17) is 0 Å². The van der Waals surface area contributed by atoms with Crippen LogP contribution in [0.4, 0.5) is 5.69 Å². The molecule has 0 heterocycles. The second kappa shape index (κ2) is 6.98. The van der Waals surface area contributed by atoms with E-state index in [-0.39, 0.29) is 6.04 Å². The molecule has 1 fully saturated rings. The summed E-state index contributed by atoms with van der Waals surface area (Å²) in [5.74, 6) is 1.20. The number of anilines is 1. The molecule has 2 rings (SSSR count). The van der Waals surface area contributed by atoms with E-state index >= 15 is 0 Å². The van der Waals surface area contributed by atoms with Crippen LogP contribution in [0, 0.1) is 5.92 Å². The van der Waals surface area contributed by atoms with Crippen molar-refractivity contribution in [2.45, 2.75) is 45.1 Å². The first-order chi connectivity index (χ1) is 9.61. The molecule has 2 N–H and O–H groups in total. The van der Waals surface area contributed by atoms with Crippen LogP contribution in [0.2, 0.25) is 0 Å². The van der Waals surface area contributed by atoms with E-state index in [1.807, 2.05) is 19.2 Å². The fourth-order valence-electron chi connectivity index (χ4n) is 3.15. The third kappa shape index (κ3) is 3.66. The number of rotatable bonds is 5. The zero-order valence-corrected chi connectivity index (χ0v) is 13.0. The normalized spacial score (nSPS) is 17.9. The van der Waals surface area contributed by atoms with Crippen molar-refractivity contribution in [3.05, 3.63) is 23.8 Å². The van der Waals surface area contributed by atoms with E-state index in [1.165, 1.54) is 32.1 Å². The Morgan fingerprint density at radius 3 is 2.60 bits per heavy atom. The Balaban J connectivity index is 2.02. The molecule has 0 radical (unpaired) electrons. The van der Waals surface area contributed by atoms with Crippen molar-refractivity contribution in [2.75, 3.05) is 25.5 Å². The molecule has 0 aliphatic heterocycles. The minimum absolute atomic E-state index is 0.174. The Morgan fingerprint density at radius 2 is 2.00 bits per heavy atom. The maximum atomic E-state index is 10.2. The smallest absolute Gasteiger partial charge is 0.122 e. The summed E-state index contributed by atoms with van der Waals surface area (Å²) in [6.45, 7) is 3.15. The van der Waals surface area contributed by atoms with Gasteiger partial charge in [-0.05, 0) is 38.8 Å². The molecule has 1 aliphatic carbocycles. The largest absolute Gasteiger partial charge is 0.508 e. The van der Waals surface area contributed by atoms with Gasteiger partial charge in [-0.25, -0.2) is 0 Å². The zero-order chi connectivity index (χ0) is 14.5. The molecule has 20 heavy (non-hydrogen) atoms. The van der Waals surface area contributed by atoms with Crippen LogP contribution in [0.5, 0.6) is 5.75 Å². The molecule has 3 nitrogen and oxygen atoms in total. The van der Waals surface area contributed by atoms with E-state index in [0.29, 0.717) is 5.75 Å². The van der Waals surface area contributed by atoms with Crippen molar-refractivity contribution >= 4 is 5.69 Å². The fourth-order valence-corrected chi connectivity index (χ4v) is 3.15. The topological polar surface area (TPSA) is 35.5 Å². The summed E-state index contributed by atoms with van der Waals surface area (Å²) in [7, 11) is 4.04. The summed E-state index contributed by atoms with van der Waals surface area (Å²) in [6.07, 6.45) is 6.86. The summed E-state index contributed by atoms with van der Waals surface area (Å²) in [5.41, 5.74) is 2.07. The molecule has 1 aliphatic rings. The SMILES string of the molecule is CNC(C)c1ccc(N(C)CC2CCCCC2)cc1O. The number of phenols is 1. The lowest BCUT2D eigenvalue weighted by Gasteiger charge is -2.28. The minimum atomic E-state index is 0.174. The molecule has 0 bridgehead atoms. The second-order valence-corrected chi connectivity index (χ2v) is 6.14. The highest BCUT2D eigenvalue weighted by Crippen LogP contribution is 2.30. The standard InChI is InChI=1S/C17H28N2O/c1-13(18-2)16-10-9-15(11-17(16)20)19(3)12-14-7-5-4-6-8-14/h9-11,13-14,18,20H,4-8,12H2,1-3H3. The maximum absolute atomic E-state index is 10.2. The van der Waals surface area contributed by atoms with Gasteiger partial charge in [-0.15, -0.1) is 0 Å². The molecule has 1 unspecified atom stereocenters. The average Bonchev–Trinajstić information content (AvgIpc) is 2.47. The monoisotopic (exact) mass is 276 g/mol. The van der Waals surface area contributed by atoms with Crippen LogP contribution in [0.3, 0.4) is 0 Å². The highest BCUT2D eigenvalue weighted by atomic mass is 16.3. The molecule has 112 valence electrons. The molecule has 1 saturated carbocycles. The van der Waals surface area contributed by atoms with Gasteiger partial charge in [0.2, 0.25) is 0 Å². The third-order valence-electron chi connectivity index (χ3n) is 4.61. The van der Waals surface area contributed by atoms with E-state index in [2.05, 4.69) is 30.3 Å².